The Kier molecular flexibility index (Phi) is 5.00. The molecule has 1 heteroatoms. The Labute approximate surface area is 126 Å². The van der Waals surface area contributed by atoms with Crippen LogP contribution in [0.25, 0.3) is 0 Å². The van der Waals surface area contributed by atoms with E-state index in [2.05, 4.69) is 46.4 Å². The Hall–Kier alpha value is -0.300. The normalized spacial score (nSPS) is 29.2. The molecule has 0 radical (unpaired) electrons. The van der Waals surface area contributed by atoms with E-state index >= 15 is 0 Å². The van der Waals surface area contributed by atoms with Crippen LogP contribution in [0.1, 0.15) is 73.6 Å². The van der Waals surface area contributed by atoms with Crippen molar-refractivity contribution in [2.24, 2.45) is 17.3 Å². The minimum atomic E-state index is 0.553. The molecule has 20 heavy (non-hydrogen) atoms. The van der Waals surface area contributed by atoms with E-state index < -0.39 is 0 Å². The highest BCUT2D eigenvalue weighted by molar-refractivity contribution is 5.31. The summed E-state index contributed by atoms with van der Waals surface area (Å²) in [4.78, 5) is 2.69. The summed E-state index contributed by atoms with van der Waals surface area (Å²) in [5, 5.41) is 0. The quantitative estimate of drug-likeness (QED) is 0.635. The molecule has 0 saturated carbocycles. The van der Waals surface area contributed by atoms with Crippen molar-refractivity contribution < 1.29 is 0 Å². The van der Waals surface area contributed by atoms with E-state index in [-0.39, 0.29) is 0 Å². The van der Waals surface area contributed by atoms with Crippen molar-refractivity contribution in [2.45, 2.75) is 79.7 Å². The van der Waals surface area contributed by atoms with Crippen LogP contribution in [0.5, 0.6) is 0 Å². The van der Waals surface area contributed by atoms with Crippen molar-refractivity contribution in [1.29, 1.82) is 0 Å². The molecule has 1 atom stereocenters. The molecule has 0 aromatic heterocycles. The average molecular weight is 277 g/mol. The van der Waals surface area contributed by atoms with Crippen molar-refractivity contribution in [2.75, 3.05) is 13.1 Å². The standard InChI is InChI=1S/C19H35N/c1-14(2)17-8-10-19(18(17)15(3)4)9-7-12-20(13-11-19)16(5)6/h14-16H,7-13H2,1-6H3/t19-/m0/s1. The first-order valence-corrected chi connectivity index (χ1v) is 8.85. The number of hydrogen-bond donors (Lipinski definition) is 0. The Bertz CT molecular complexity index is 364. The fourth-order valence-corrected chi connectivity index (χ4v) is 4.82. The summed E-state index contributed by atoms with van der Waals surface area (Å²) in [6.45, 7) is 17.0. The minimum absolute atomic E-state index is 0.553. The smallest absolute Gasteiger partial charge is 0.00385 e. The van der Waals surface area contributed by atoms with Gasteiger partial charge in [-0.2, -0.15) is 0 Å². The molecular formula is C19H35N. The van der Waals surface area contributed by atoms with Gasteiger partial charge in [-0.15, -0.1) is 0 Å². The van der Waals surface area contributed by atoms with Crippen LogP contribution >= 0.6 is 0 Å². The molecule has 2 rings (SSSR count). The maximum atomic E-state index is 2.69. The highest BCUT2D eigenvalue weighted by Crippen LogP contribution is 2.54. The molecule has 2 aliphatic rings. The predicted octanol–water partition coefficient (Wildman–Crippen LogP) is 5.27. The maximum Gasteiger partial charge on any atom is 0.00385 e. The molecule has 1 saturated heterocycles. The molecule has 0 amide bonds. The molecule has 1 spiro atoms. The molecule has 116 valence electrons. The molecule has 1 heterocycles. The van der Waals surface area contributed by atoms with Crippen molar-refractivity contribution in [3.8, 4) is 0 Å². The summed E-state index contributed by atoms with van der Waals surface area (Å²) in [5.41, 5.74) is 4.22. The second kappa shape index (κ2) is 6.22. The van der Waals surface area contributed by atoms with Gasteiger partial charge in [-0.25, -0.2) is 0 Å². The van der Waals surface area contributed by atoms with Crippen LogP contribution in [0, 0.1) is 17.3 Å². The van der Waals surface area contributed by atoms with Crippen LogP contribution in [0.15, 0.2) is 11.1 Å². The minimum Gasteiger partial charge on any atom is -0.301 e. The molecule has 0 N–H and O–H groups in total. The van der Waals surface area contributed by atoms with Gasteiger partial charge in [0.15, 0.2) is 0 Å². The topological polar surface area (TPSA) is 3.24 Å². The molecule has 1 fully saturated rings. The summed E-state index contributed by atoms with van der Waals surface area (Å²) >= 11 is 0. The predicted molar refractivity (Wildman–Crippen MR) is 88.9 cm³/mol. The Morgan fingerprint density at radius 2 is 1.55 bits per heavy atom. The molecule has 0 aromatic rings. The molecule has 0 bridgehead atoms. The molecule has 0 aromatic carbocycles. The lowest BCUT2D eigenvalue weighted by Crippen LogP contribution is -2.33. The lowest BCUT2D eigenvalue weighted by molar-refractivity contribution is 0.215. The zero-order valence-electron chi connectivity index (χ0n) is 14.6. The average Bonchev–Trinajstić information content (AvgIpc) is 2.58. The highest BCUT2D eigenvalue weighted by atomic mass is 15.1. The first kappa shape index (κ1) is 16.1. The first-order chi connectivity index (χ1) is 9.37. The van der Waals surface area contributed by atoms with Gasteiger partial charge in [0.1, 0.15) is 0 Å². The van der Waals surface area contributed by atoms with Gasteiger partial charge in [0.05, 0.1) is 0 Å². The lowest BCUT2D eigenvalue weighted by Gasteiger charge is -2.35. The Morgan fingerprint density at radius 3 is 2.10 bits per heavy atom. The van der Waals surface area contributed by atoms with Gasteiger partial charge in [0, 0.05) is 6.04 Å². The van der Waals surface area contributed by atoms with Gasteiger partial charge in [0.2, 0.25) is 0 Å². The van der Waals surface area contributed by atoms with Crippen LogP contribution in [0.2, 0.25) is 0 Å². The van der Waals surface area contributed by atoms with Gasteiger partial charge < -0.3 is 4.90 Å². The molecular weight excluding hydrogens is 242 g/mol. The summed E-state index contributed by atoms with van der Waals surface area (Å²) in [7, 11) is 0. The molecule has 1 aliphatic carbocycles. The summed E-state index contributed by atoms with van der Waals surface area (Å²) in [5.74, 6) is 1.48. The number of nitrogens with zero attached hydrogens (tertiary/aromatic N) is 1. The number of likely N-dealkylation sites (tertiary alicyclic amines) is 1. The third-order valence-corrected chi connectivity index (χ3v) is 5.77. The van der Waals surface area contributed by atoms with Gasteiger partial charge in [0.25, 0.3) is 0 Å². The van der Waals surface area contributed by atoms with E-state index in [1.165, 1.54) is 45.2 Å². The van der Waals surface area contributed by atoms with Crippen LogP contribution in [0.3, 0.4) is 0 Å². The monoisotopic (exact) mass is 277 g/mol. The third kappa shape index (κ3) is 2.98. The van der Waals surface area contributed by atoms with Gasteiger partial charge in [-0.05, 0) is 76.3 Å². The largest absolute Gasteiger partial charge is 0.301 e. The number of allylic oxidation sites excluding steroid dienone is 2. The fourth-order valence-electron chi connectivity index (χ4n) is 4.82. The fraction of sp³-hybridized carbons (Fsp3) is 0.895. The van der Waals surface area contributed by atoms with Crippen LogP contribution < -0.4 is 0 Å². The summed E-state index contributed by atoms with van der Waals surface area (Å²) in [6, 6.07) is 0.711. The van der Waals surface area contributed by atoms with Crippen LogP contribution in [-0.2, 0) is 0 Å². The van der Waals surface area contributed by atoms with E-state index in [9.17, 15) is 0 Å². The second-order valence-electron chi connectivity index (χ2n) is 8.01. The van der Waals surface area contributed by atoms with E-state index in [1.807, 2.05) is 5.57 Å². The lowest BCUT2D eigenvalue weighted by atomic mass is 9.70. The molecule has 1 aliphatic heterocycles. The summed E-state index contributed by atoms with van der Waals surface area (Å²) in [6.07, 6.45) is 7.02. The van der Waals surface area contributed by atoms with E-state index in [1.54, 1.807) is 5.57 Å². The Morgan fingerprint density at radius 1 is 0.850 bits per heavy atom. The van der Waals surface area contributed by atoms with Crippen molar-refractivity contribution >= 4 is 0 Å². The molecule has 1 nitrogen and oxygen atoms in total. The molecule has 0 unspecified atom stereocenters. The van der Waals surface area contributed by atoms with Gasteiger partial charge >= 0.3 is 0 Å². The Balaban J connectivity index is 2.26. The zero-order valence-corrected chi connectivity index (χ0v) is 14.6. The van der Waals surface area contributed by atoms with Crippen molar-refractivity contribution in [3.05, 3.63) is 11.1 Å². The van der Waals surface area contributed by atoms with E-state index in [0.29, 0.717) is 11.5 Å². The van der Waals surface area contributed by atoms with Gasteiger partial charge in [-0.1, -0.05) is 38.8 Å². The van der Waals surface area contributed by atoms with Crippen LogP contribution in [-0.4, -0.2) is 24.0 Å². The highest BCUT2D eigenvalue weighted by Gasteiger charge is 2.42. The van der Waals surface area contributed by atoms with E-state index in [0.717, 1.165) is 11.8 Å². The van der Waals surface area contributed by atoms with Crippen LogP contribution in [0.4, 0.5) is 0 Å². The first-order valence-electron chi connectivity index (χ1n) is 8.85. The van der Waals surface area contributed by atoms with E-state index in [4.69, 9.17) is 0 Å². The second-order valence-corrected chi connectivity index (χ2v) is 8.01. The SMILES string of the molecule is CC(C)C1=C(C(C)C)[C@@]2(CCCN(C(C)C)CC2)CC1. The van der Waals surface area contributed by atoms with Crippen molar-refractivity contribution in [3.63, 3.8) is 0 Å². The third-order valence-electron chi connectivity index (χ3n) is 5.77. The summed E-state index contributed by atoms with van der Waals surface area (Å²) < 4.78 is 0. The zero-order chi connectivity index (χ0) is 14.9. The maximum absolute atomic E-state index is 2.69. The number of rotatable bonds is 3. The van der Waals surface area contributed by atoms with Gasteiger partial charge in [-0.3, -0.25) is 0 Å². The van der Waals surface area contributed by atoms with Crippen molar-refractivity contribution in [1.82, 2.24) is 4.90 Å². The number of hydrogen-bond acceptors (Lipinski definition) is 1.